The minimum atomic E-state index is -2.67. The number of nitrogens with two attached hydrogens (primary N) is 1. The molecular formula is C15H21FN4OS. The number of hydrogen-bond acceptors (Lipinski definition) is 4. The SMILES string of the molecule is Cc1ccc(F)c([C@]2(C)C[S@]3(=O)=NCCCCN3C(N)=N2)c1. The summed E-state index contributed by atoms with van der Waals surface area (Å²) in [6.45, 7) is 4.81. The van der Waals surface area contributed by atoms with Crippen molar-refractivity contribution in [2.24, 2.45) is 15.1 Å². The topological polar surface area (TPSA) is 71.0 Å². The maximum Gasteiger partial charge on any atom is 0.204 e. The van der Waals surface area contributed by atoms with Gasteiger partial charge in [0, 0.05) is 12.1 Å². The predicted molar refractivity (Wildman–Crippen MR) is 86.4 cm³/mol. The van der Waals surface area contributed by atoms with Crippen molar-refractivity contribution in [1.82, 2.24) is 4.31 Å². The lowest BCUT2D eigenvalue weighted by molar-refractivity contribution is 0.464. The second-order valence-corrected chi connectivity index (χ2v) is 8.34. The molecular weight excluding hydrogens is 303 g/mol. The van der Waals surface area contributed by atoms with Crippen molar-refractivity contribution in [2.75, 3.05) is 18.8 Å². The minimum absolute atomic E-state index is 0.168. The van der Waals surface area contributed by atoms with Crippen LogP contribution >= 0.6 is 0 Å². The van der Waals surface area contributed by atoms with Crippen molar-refractivity contribution in [3.63, 3.8) is 0 Å². The van der Waals surface area contributed by atoms with E-state index in [0.717, 1.165) is 18.4 Å². The molecule has 2 heterocycles. The van der Waals surface area contributed by atoms with Crippen molar-refractivity contribution in [1.29, 1.82) is 0 Å². The number of halogens is 1. The molecule has 5 nitrogen and oxygen atoms in total. The summed E-state index contributed by atoms with van der Waals surface area (Å²) in [5.74, 6) is 0.0150. The molecule has 22 heavy (non-hydrogen) atoms. The molecule has 2 aliphatic heterocycles. The first kappa shape index (κ1) is 15.3. The molecule has 2 N–H and O–H groups in total. The molecule has 0 fully saturated rings. The van der Waals surface area contributed by atoms with Crippen molar-refractivity contribution in [3.8, 4) is 0 Å². The van der Waals surface area contributed by atoms with Crippen LogP contribution in [0.3, 0.4) is 0 Å². The third-order valence-corrected chi connectivity index (χ3v) is 6.78. The molecule has 0 spiro atoms. The van der Waals surface area contributed by atoms with Gasteiger partial charge in [-0.3, -0.25) is 4.31 Å². The van der Waals surface area contributed by atoms with E-state index in [1.54, 1.807) is 23.4 Å². The van der Waals surface area contributed by atoms with E-state index < -0.39 is 15.5 Å². The van der Waals surface area contributed by atoms with E-state index in [1.807, 2.05) is 6.92 Å². The summed E-state index contributed by atoms with van der Waals surface area (Å²) in [5, 5.41) is 0. The number of aryl methyl sites for hydroxylation is 1. The summed E-state index contributed by atoms with van der Waals surface area (Å²) in [6.07, 6.45) is 1.77. The fourth-order valence-electron chi connectivity index (χ4n) is 3.07. The van der Waals surface area contributed by atoms with E-state index in [2.05, 4.69) is 9.36 Å². The summed E-state index contributed by atoms with van der Waals surface area (Å²) < 4.78 is 33.6. The van der Waals surface area contributed by atoms with Gasteiger partial charge in [0.1, 0.15) is 21.3 Å². The Balaban J connectivity index is 2.16. The summed E-state index contributed by atoms with van der Waals surface area (Å²) >= 11 is 0. The Hall–Kier alpha value is -1.63. The highest BCUT2D eigenvalue weighted by atomic mass is 32.2. The standard InChI is InChI=1S/C15H21FN4OS/c1-11-5-6-13(16)12(9-11)15(2)10-22(21)18-7-3-4-8-20(22)14(17)19-15/h5-6,9H,3-4,7-8,10H2,1-2H3,(H2,17,19)/t15-,22-/m0/s1. The molecule has 2 aliphatic rings. The molecule has 0 radical (unpaired) electrons. The summed E-state index contributed by atoms with van der Waals surface area (Å²) in [6, 6.07) is 4.88. The number of nitrogens with zero attached hydrogens (tertiary/aromatic N) is 3. The van der Waals surface area contributed by atoms with Crippen molar-refractivity contribution in [2.45, 2.75) is 32.2 Å². The molecule has 0 amide bonds. The van der Waals surface area contributed by atoms with Crippen LogP contribution in [-0.2, 0) is 15.5 Å². The molecule has 120 valence electrons. The highest BCUT2D eigenvalue weighted by Crippen LogP contribution is 2.35. The van der Waals surface area contributed by atoms with E-state index in [0.29, 0.717) is 18.7 Å². The van der Waals surface area contributed by atoms with E-state index >= 15 is 0 Å². The van der Waals surface area contributed by atoms with Gasteiger partial charge in [-0.2, -0.15) is 0 Å². The first-order chi connectivity index (χ1) is 10.3. The molecule has 0 unspecified atom stereocenters. The number of hydrogen-bond donors (Lipinski definition) is 1. The highest BCUT2D eigenvalue weighted by molar-refractivity contribution is 7.92. The van der Waals surface area contributed by atoms with Crippen LogP contribution in [0.2, 0.25) is 0 Å². The first-order valence-corrected chi connectivity index (χ1v) is 9.08. The van der Waals surface area contributed by atoms with Crippen LogP contribution in [0.5, 0.6) is 0 Å². The Bertz CT molecular complexity index is 754. The average molecular weight is 324 g/mol. The Morgan fingerprint density at radius 2 is 2.18 bits per heavy atom. The van der Waals surface area contributed by atoms with Crippen LogP contribution in [-0.4, -0.2) is 33.3 Å². The lowest BCUT2D eigenvalue weighted by Gasteiger charge is -2.38. The first-order valence-electron chi connectivity index (χ1n) is 7.44. The normalized spacial score (nSPS) is 31.8. The second-order valence-electron chi connectivity index (χ2n) is 6.14. The molecule has 0 aliphatic carbocycles. The van der Waals surface area contributed by atoms with Gasteiger partial charge in [-0.1, -0.05) is 17.7 Å². The highest BCUT2D eigenvalue weighted by Gasteiger charge is 2.42. The maximum absolute atomic E-state index is 14.3. The molecule has 2 atom stereocenters. The summed E-state index contributed by atoms with van der Waals surface area (Å²) in [5.41, 5.74) is 6.46. The maximum atomic E-state index is 14.3. The van der Waals surface area contributed by atoms with Crippen LogP contribution in [0.4, 0.5) is 4.39 Å². The fraction of sp³-hybridized carbons (Fsp3) is 0.533. The monoisotopic (exact) mass is 324 g/mol. The number of aliphatic imine (C=N–C) groups is 1. The van der Waals surface area contributed by atoms with Gasteiger partial charge in [0.2, 0.25) is 5.96 Å². The van der Waals surface area contributed by atoms with Crippen LogP contribution in [0.15, 0.2) is 27.6 Å². The molecule has 1 aromatic carbocycles. The van der Waals surface area contributed by atoms with Gasteiger partial charge in [0.05, 0.1) is 12.3 Å². The summed E-state index contributed by atoms with van der Waals surface area (Å²) in [7, 11) is -2.67. The van der Waals surface area contributed by atoms with Gasteiger partial charge in [-0.05, 0) is 32.8 Å². The number of fused-ring (bicyclic) bond motifs is 1. The lowest BCUT2D eigenvalue weighted by atomic mass is 9.93. The number of guanidine groups is 1. The van der Waals surface area contributed by atoms with Gasteiger partial charge in [-0.15, -0.1) is 0 Å². The van der Waals surface area contributed by atoms with Crippen molar-refractivity contribution < 1.29 is 8.60 Å². The zero-order valence-electron chi connectivity index (χ0n) is 12.9. The third kappa shape index (κ3) is 2.47. The van der Waals surface area contributed by atoms with Gasteiger partial charge >= 0.3 is 0 Å². The van der Waals surface area contributed by atoms with Crippen LogP contribution in [0.1, 0.15) is 30.9 Å². The third-order valence-electron chi connectivity index (χ3n) is 4.19. The van der Waals surface area contributed by atoms with E-state index in [-0.39, 0.29) is 17.5 Å². The van der Waals surface area contributed by atoms with Gasteiger partial charge in [0.15, 0.2) is 0 Å². The quantitative estimate of drug-likeness (QED) is 0.860. The molecule has 0 aromatic heterocycles. The summed E-state index contributed by atoms with van der Waals surface area (Å²) in [4.78, 5) is 4.50. The Kier molecular flexibility index (Phi) is 3.63. The van der Waals surface area contributed by atoms with Crippen molar-refractivity contribution >= 4 is 15.9 Å². The van der Waals surface area contributed by atoms with Gasteiger partial charge in [-0.25, -0.2) is 18.0 Å². The van der Waals surface area contributed by atoms with Crippen LogP contribution in [0.25, 0.3) is 0 Å². The largest absolute Gasteiger partial charge is 0.369 e. The molecule has 3 rings (SSSR count). The van der Waals surface area contributed by atoms with E-state index in [1.165, 1.54) is 6.07 Å². The molecule has 0 bridgehead atoms. The van der Waals surface area contributed by atoms with Gasteiger partial charge < -0.3 is 5.73 Å². The zero-order valence-corrected chi connectivity index (χ0v) is 13.7. The van der Waals surface area contributed by atoms with Crippen LogP contribution in [0, 0.1) is 12.7 Å². The predicted octanol–water partition coefficient (Wildman–Crippen LogP) is 2.16. The minimum Gasteiger partial charge on any atom is -0.369 e. The smallest absolute Gasteiger partial charge is 0.204 e. The zero-order chi connectivity index (χ0) is 16.0. The molecule has 0 saturated carbocycles. The average Bonchev–Trinajstić information content (AvgIpc) is 2.62. The second kappa shape index (κ2) is 5.22. The van der Waals surface area contributed by atoms with Crippen molar-refractivity contribution in [3.05, 3.63) is 35.1 Å². The van der Waals surface area contributed by atoms with Crippen LogP contribution < -0.4 is 5.73 Å². The molecule has 1 aromatic rings. The van der Waals surface area contributed by atoms with Gasteiger partial charge in [0.25, 0.3) is 0 Å². The molecule has 7 heteroatoms. The Morgan fingerprint density at radius 3 is 2.95 bits per heavy atom. The number of benzene rings is 1. The number of rotatable bonds is 1. The Morgan fingerprint density at radius 1 is 1.41 bits per heavy atom. The Labute approximate surface area is 130 Å². The lowest BCUT2D eigenvalue weighted by Crippen LogP contribution is -2.52. The molecule has 0 saturated heterocycles. The van der Waals surface area contributed by atoms with E-state index in [9.17, 15) is 8.60 Å². The fourth-order valence-corrected chi connectivity index (χ4v) is 5.57. The van der Waals surface area contributed by atoms with E-state index in [4.69, 9.17) is 5.73 Å².